The van der Waals surface area contributed by atoms with Gasteiger partial charge in [-0.3, -0.25) is 19.7 Å². The number of nitrogens with zero attached hydrogens (tertiary/aromatic N) is 1. The van der Waals surface area contributed by atoms with Crippen LogP contribution in [0.3, 0.4) is 0 Å². The molecule has 0 radical (unpaired) electrons. The number of carbonyl (C=O) groups excluding carboxylic acids is 2. The quantitative estimate of drug-likeness (QED) is 0.332. The van der Waals surface area contributed by atoms with E-state index < -0.39 is 28.7 Å². The zero-order chi connectivity index (χ0) is 16.7. The highest BCUT2D eigenvalue weighted by Crippen LogP contribution is 2.28. The summed E-state index contributed by atoms with van der Waals surface area (Å²) in [6.45, 7) is 5.29. The fourth-order valence-electron chi connectivity index (χ4n) is 2.06. The molecule has 0 saturated carbocycles. The minimum Gasteiger partial charge on any atom is -0.465 e. The van der Waals surface area contributed by atoms with Gasteiger partial charge >= 0.3 is 11.9 Å². The van der Waals surface area contributed by atoms with Crippen molar-refractivity contribution in [1.29, 1.82) is 0 Å². The number of non-ortho nitro benzene ring substituents is 1. The van der Waals surface area contributed by atoms with Gasteiger partial charge in [0.1, 0.15) is 0 Å². The van der Waals surface area contributed by atoms with Crippen molar-refractivity contribution in [2.45, 2.75) is 26.7 Å². The third-order valence-corrected chi connectivity index (χ3v) is 3.21. The van der Waals surface area contributed by atoms with Crippen molar-refractivity contribution in [2.75, 3.05) is 13.2 Å². The fourth-order valence-corrected chi connectivity index (χ4v) is 2.06. The number of esters is 2. The van der Waals surface area contributed by atoms with Crippen LogP contribution in [0.4, 0.5) is 5.69 Å². The van der Waals surface area contributed by atoms with E-state index in [1.807, 2.05) is 0 Å². The third-order valence-electron chi connectivity index (χ3n) is 3.21. The number of hydrogen-bond acceptors (Lipinski definition) is 6. The molecular weight excluding hydrogens is 290 g/mol. The van der Waals surface area contributed by atoms with Gasteiger partial charge in [-0.05, 0) is 19.4 Å². The highest BCUT2D eigenvalue weighted by atomic mass is 16.6. The van der Waals surface area contributed by atoms with Crippen LogP contribution in [0.2, 0.25) is 0 Å². The molecule has 7 heteroatoms. The van der Waals surface area contributed by atoms with E-state index in [4.69, 9.17) is 9.47 Å². The van der Waals surface area contributed by atoms with Crippen LogP contribution < -0.4 is 0 Å². The van der Waals surface area contributed by atoms with Crippen molar-refractivity contribution in [3.8, 4) is 0 Å². The maximum absolute atomic E-state index is 12.0. The lowest BCUT2D eigenvalue weighted by atomic mass is 9.87. The van der Waals surface area contributed by atoms with E-state index in [0.717, 1.165) is 0 Å². The molecule has 0 bridgehead atoms. The molecule has 0 aliphatic carbocycles. The predicted octanol–water partition coefficient (Wildman–Crippen LogP) is 2.44. The third kappa shape index (κ3) is 4.28. The smallest absolute Gasteiger partial charge is 0.320 e. The van der Waals surface area contributed by atoms with Crippen molar-refractivity contribution in [2.24, 2.45) is 5.92 Å². The summed E-state index contributed by atoms with van der Waals surface area (Å²) in [4.78, 5) is 34.2. The van der Waals surface area contributed by atoms with E-state index >= 15 is 0 Å². The Hall–Kier alpha value is -2.44. The van der Waals surface area contributed by atoms with E-state index in [9.17, 15) is 19.7 Å². The zero-order valence-electron chi connectivity index (χ0n) is 12.8. The number of benzene rings is 1. The Bertz CT molecular complexity index is 521. The summed E-state index contributed by atoms with van der Waals surface area (Å²) in [5.41, 5.74) is 0.566. The van der Waals surface area contributed by atoms with Gasteiger partial charge in [-0.15, -0.1) is 0 Å². The summed E-state index contributed by atoms with van der Waals surface area (Å²) >= 11 is 0. The fraction of sp³-hybridized carbons (Fsp3) is 0.467. The maximum atomic E-state index is 12.0. The first kappa shape index (κ1) is 17.6. The first-order valence-corrected chi connectivity index (χ1v) is 6.99. The molecule has 0 amide bonds. The number of carbonyl (C=O) groups is 2. The van der Waals surface area contributed by atoms with Crippen LogP contribution in [0.15, 0.2) is 24.3 Å². The van der Waals surface area contributed by atoms with Gasteiger partial charge in [0.05, 0.1) is 18.1 Å². The van der Waals surface area contributed by atoms with Crippen molar-refractivity contribution in [1.82, 2.24) is 0 Å². The Morgan fingerprint density at radius 1 is 1.09 bits per heavy atom. The molecule has 0 saturated heterocycles. The lowest BCUT2D eigenvalue weighted by Gasteiger charge is -2.21. The summed E-state index contributed by atoms with van der Waals surface area (Å²) in [7, 11) is 0. The van der Waals surface area contributed by atoms with E-state index in [1.54, 1.807) is 20.8 Å². The van der Waals surface area contributed by atoms with Crippen LogP contribution in [-0.4, -0.2) is 30.1 Å². The van der Waals surface area contributed by atoms with E-state index in [2.05, 4.69) is 0 Å². The highest BCUT2D eigenvalue weighted by molar-refractivity contribution is 5.96. The second-order valence-corrected chi connectivity index (χ2v) is 4.62. The van der Waals surface area contributed by atoms with Crippen LogP contribution in [0.1, 0.15) is 32.3 Å². The first-order valence-electron chi connectivity index (χ1n) is 6.99. The van der Waals surface area contributed by atoms with Crippen LogP contribution in [0.25, 0.3) is 0 Å². The molecule has 0 heterocycles. The van der Waals surface area contributed by atoms with Crippen LogP contribution in [0, 0.1) is 16.0 Å². The van der Waals surface area contributed by atoms with Gasteiger partial charge < -0.3 is 9.47 Å². The van der Waals surface area contributed by atoms with Crippen molar-refractivity contribution < 1.29 is 24.0 Å². The molecule has 0 unspecified atom stereocenters. The van der Waals surface area contributed by atoms with Crippen LogP contribution in [-0.2, 0) is 19.1 Å². The molecular formula is C15H19NO6. The SMILES string of the molecule is CCOC(=O)C(C(=O)OCC)[C@H](C)c1ccc([N+](=O)[O-])cc1. The second kappa shape index (κ2) is 8.11. The zero-order valence-corrected chi connectivity index (χ0v) is 12.8. The molecule has 1 atom stereocenters. The van der Waals surface area contributed by atoms with Gasteiger partial charge in [-0.25, -0.2) is 0 Å². The van der Waals surface area contributed by atoms with Crippen LogP contribution >= 0.6 is 0 Å². The van der Waals surface area contributed by atoms with Gasteiger partial charge in [0, 0.05) is 18.1 Å². The maximum Gasteiger partial charge on any atom is 0.320 e. The van der Waals surface area contributed by atoms with E-state index in [-0.39, 0.29) is 18.9 Å². The summed E-state index contributed by atoms with van der Waals surface area (Å²) in [6.07, 6.45) is 0. The molecule has 0 fully saturated rings. The monoisotopic (exact) mass is 309 g/mol. The van der Waals surface area contributed by atoms with Gasteiger partial charge in [0.15, 0.2) is 5.92 Å². The summed E-state index contributed by atoms with van der Waals surface area (Å²) < 4.78 is 9.86. The summed E-state index contributed by atoms with van der Waals surface area (Å²) in [6, 6.07) is 5.71. The normalized spacial score (nSPS) is 11.8. The van der Waals surface area contributed by atoms with E-state index in [1.165, 1.54) is 24.3 Å². The molecule has 0 aliphatic rings. The molecule has 1 aromatic rings. The molecule has 7 nitrogen and oxygen atoms in total. The largest absolute Gasteiger partial charge is 0.465 e. The van der Waals surface area contributed by atoms with Gasteiger partial charge in [-0.1, -0.05) is 19.1 Å². The number of nitro groups is 1. The van der Waals surface area contributed by atoms with Crippen molar-refractivity contribution in [3.05, 3.63) is 39.9 Å². The van der Waals surface area contributed by atoms with Gasteiger partial charge in [-0.2, -0.15) is 0 Å². The highest BCUT2D eigenvalue weighted by Gasteiger charge is 2.35. The Morgan fingerprint density at radius 3 is 1.91 bits per heavy atom. The predicted molar refractivity (Wildman–Crippen MR) is 78.3 cm³/mol. The number of nitro benzene ring substituents is 1. The average molecular weight is 309 g/mol. The lowest BCUT2D eigenvalue weighted by Crippen LogP contribution is -2.32. The number of rotatable bonds is 7. The molecule has 22 heavy (non-hydrogen) atoms. The molecule has 0 spiro atoms. The average Bonchev–Trinajstić information content (AvgIpc) is 2.48. The van der Waals surface area contributed by atoms with E-state index in [0.29, 0.717) is 5.56 Å². The summed E-state index contributed by atoms with van der Waals surface area (Å²) in [5.74, 6) is -2.93. The van der Waals surface area contributed by atoms with Crippen molar-refractivity contribution >= 4 is 17.6 Å². The Balaban J connectivity index is 3.04. The standard InChI is InChI=1S/C15H19NO6/c1-4-21-14(17)13(15(18)22-5-2)10(3)11-6-8-12(9-7-11)16(19)20/h6-10,13H,4-5H2,1-3H3/t10-/m1/s1. The number of ether oxygens (including phenoxy) is 2. The minimum atomic E-state index is -1.10. The molecule has 1 rings (SSSR count). The van der Waals surface area contributed by atoms with Gasteiger partial charge in [0.2, 0.25) is 0 Å². The molecule has 0 N–H and O–H groups in total. The lowest BCUT2D eigenvalue weighted by molar-refractivity contribution is -0.384. The second-order valence-electron chi connectivity index (χ2n) is 4.62. The minimum absolute atomic E-state index is 0.0558. The molecule has 0 aromatic heterocycles. The number of hydrogen-bond donors (Lipinski definition) is 0. The van der Waals surface area contributed by atoms with Gasteiger partial charge in [0.25, 0.3) is 5.69 Å². The first-order chi connectivity index (χ1) is 10.4. The topological polar surface area (TPSA) is 95.7 Å². The molecule has 1 aromatic carbocycles. The summed E-state index contributed by atoms with van der Waals surface area (Å²) in [5, 5.41) is 10.7. The Morgan fingerprint density at radius 2 is 1.55 bits per heavy atom. The molecule has 0 aliphatic heterocycles. The molecule has 120 valence electrons. The van der Waals surface area contributed by atoms with Crippen LogP contribution in [0.5, 0.6) is 0 Å². The Kier molecular flexibility index (Phi) is 6.49. The van der Waals surface area contributed by atoms with Crippen molar-refractivity contribution in [3.63, 3.8) is 0 Å². The Labute approximate surface area is 128 Å².